The molecule has 0 spiro atoms. The lowest BCUT2D eigenvalue weighted by atomic mass is 10.0. The lowest BCUT2D eigenvalue weighted by Gasteiger charge is -2.04. The number of hydrogen-bond acceptors (Lipinski definition) is 3. The zero-order chi connectivity index (χ0) is 17.9. The number of anilines is 1. The Morgan fingerprint density at radius 3 is 2.62 bits per heavy atom. The van der Waals surface area contributed by atoms with Crippen molar-refractivity contribution < 1.29 is 4.79 Å². The van der Waals surface area contributed by atoms with E-state index in [1.165, 1.54) is 16.7 Å². The predicted octanol–water partition coefficient (Wildman–Crippen LogP) is 5.80. The summed E-state index contributed by atoms with van der Waals surface area (Å²) >= 11 is 7.30. The van der Waals surface area contributed by atoms with Crippen LogP contribution in [0.15, 0.2) is 72.1 Å². The molecule has 0 saturated carbocycles. The third-order valence-electron chi connectivity index (χ3n) is 4.09. The fraction of sp³-hybridized carbons (Fsp3) is 0.0476. The minimum absolute atomic E-state index is 0.0915. The number of fused-ring (bicyclic) bond motifs is 1. The molecule has 128 valence electrons. The van der Waals surface area contributed by atoms with E-state index in [2.05, 4.69) is 34.6 Å². The fourth-order valence-electron chi connectivity index (χ4n) is 2.85. The van der Waals surface area contributed by atoms with Gasteiger partial charge in [0.1, 0.15) is 0 Å². The summed E-state index contributed by atoms with van der Waals surface area (Å²) in [6.07, 6.45) is 0.292. The van der Waals surface area contributed by atoms with Crippen LogP contribution < -0.4 is 5.32 Å². The van der Waals surface area contributed by atoms with Crippen molar-refractivity contribution in [2.24, 2.45) is 0 Å². The van der Waals surface area contributed by atoms with Crippen LogP contribution in [0.2, 0.25) is 5.02 Å². The second-order valence-corrected chi connectivity index (χ2v) is 7.21. The van der Waals surface area contributed by atoms with Gasteiger partial charge in [-0.1, -0.05) is 66.2 Å². The Labute approximate surface area is 160 Å². The maximum absolute atomic E-state index is 12.2. The second kappa shape index (κ2) is 7.28. The van der Waals surface area contributed by atoms with Gasteiger partial charge >= 0.3 is 0 Å². The highest BCUT2D eigenvalue weighted by molar-refractivity contribution is 7.14. The van der Waals surface area contributed by atoms with Gasteiger partial charge in [-0.2, -0.15) is 0 Å². The SMILES string of the molecule is O=C(Cc1ccc(Cl)cc1)Nc1nc(-c2cccc3ccccc23)cs1. The average molecular weight is 379 g/mol. The molecule has 0 radical (unpaired) electrons. The molecule has 0 unspecified atom stereocenters. The van der Waals surface area contributed by atoms with Crippen molar-refractivity contribution in [1.82, 2.24) is 4.98 Å². The standard InChI is InChI=1S/C21H15ClN2OS/c22-16-10-8-14(9-11-16)12-20(25)24-21-23-19(13-26-21)18-7-3-5-15-4-1-2-6-17(15)18/h1-11,13H,12H2,(H,23,24,25). The van der Waals surface area contributed by atoms with Crippen LogP contribution in [0, 0.1) is 0 Å². The van der Waals surface area contributed by atoms with Crippen molar-refractivity contribution >= 4 is 44.7 Å². The van der Waals surface area contributed by atoms with Crippen molar-refractivity contribution in [3.63, 3.8) is 0 Å². The van der Waals surface area contributed by atoms with Crippen molar-refractivity contribution in [2.45, 2.75) is 6.42 Å². The van der Waals surface area contributed by atoms with Gasteiger partial charge in [-0.05, 0) is 28.5 Å². The lowest BCUT2D eigenvalue weighted by Crippen LogP contribution is -2.14. The molecule has 1 N–H and O–H groups in total. The van der Waals surface area contributed by atoms with Gasteiger partial charge in [-0.3, -0.25) is 4.79 Å². The van der Waals surface area contributed by atoms with E-state index < -0.39 is 0 Å². The first-order chi connectivity index (χ1) is 12.7. The summed E-state index contributed by atoms with van der Waals surface area (Å²) in [6.45, 7) is 0. The molecule has 0 aliphatic carbocycles. The van der Waals surface area contributed by atoms with Crippen LogP contribution in [0.25, 0.3) is 22.0 Å². The fourth-order valence-corrected chi connectivity index (χ4v) is 3.71. The maximum Gasteiger partial charge on any atom is 0.230 e. The average Bonchev–Trinajstić information content (AvgIpc) is 3.11. The molecule has 4 aromatic rings. The van der Waals surface area contributed by atoms with Crippen LogP contribution in [0.1, 0.15) is 5.56 Å². The van der Waals surface area contributed by atoms with Crippen LogP contribution in [0.4, 0.5) is 5.13 Å². The molecule has 0 bridgehead atoms. The van der Waals surface area contributed by atoms with Crippen molar-refractivity contribution in [3.8, 4) is 11.3 Å². The molecule has 0 atom stereocenters. The number of nitrogens with one attached hydrogen (secondary N) is 1. The van der Waals surface area contributed by atoms with Crippen LogP contribution in [-0.2, 0) is 11.2 Å². The zero-order valence-corrected chi connectivity index (χ0v) is 15.3. The highest BCUT2D eigenvalue weighted by atomic mass is 35.5. The summed E-state index contributed by atoms with van der Waals surface area (Å²) in [5.74, 6) is -0.0915. The third-order valence-corrected chi connectivity index (χ3v) is 5.10. The van der Waals surface area contributed by atoms with Gasteiger partial charge in [0.2, 0.25) is 5.91 Å². The Hall–Kier alpha value is -2.69. The maximum atomic E-state index is 12.2. The number of benzene rings is 3. The van der Waals surface area contributed by atoms with E-state index in [0.29, 0.717) is 16.6 Å². The van der Waals surface area contributed by atoms with E-state index in [1.54, 1.807) is 12.1 Å². The van der Waals surface area contributed by atoms with Crippen molar-refractivity contribution in [3.05, 3.63) is 82.7 Å². The minimum atomic E-state index is -0.0915. The van der Waals surface area contributed by atoms with Crippen LogP contribution in [0.5, 0.6) is 0 Å². The molecule has 5 heteroatoms. The number of carbonyl (C=O) groups excluding carboxylic acids is 1. The molecule has 0 fully saturated rings. The molecule has 1 aromatic heterocycles. The van der Waals surface area contributed by atoms with E-state index in [-0.39, 0.29) is 5.91 Å². The van der Waals surface area contributed by atoms with Crippen LogP contribution >= 0.6 is 22.9 Å². The van der Waals surface area contributed by atoms with E-state index >= 15 is 0 Å². The highest BCUT2D eigenvalue weighted by Gasteiger charge is 2.10. The molecule has 4 rings (SSSR count). The van der Waals surface area contributed by atoms with Gasteiger partial charge in [0, 0.05) is 16.0 Å². The summed E-state index contributed by atoms with van der Waals surface area (Å²) in [4.78, 5) is 16.8. The van der Waals surface area contributed by atoms with Gasteiger partial charge in [-0.25, -0.2) is 4.98 Å². The number of amides is 1. The van der Waals surface area contributed by atoms with Gasteiger partial charge in [-0.15, -0.1) is 11.3 Å². The molecule has 0 aliphatic heterocycles. The molecule has 0 saturated heterocycles. The van der Waals surface area contributed by atoms with Gasteiger partial charge < -0.3 is 5.32 Å². The number of nitrogens with zero attached hydrogens (tertiary/aromatic N) is 1. The Morgan fingerprint density at radius 1 is 1.00 bits per heavy atom. The zero-order valence-electron chi connectivity index (χ0n) is 13.8. The monoisotopic (exact) mass is 378 g/mol. The van der Waals surface area contributed by atoms with Gasteiger partial charge in [0.25, 0.3) is 0 Å². The molecule has 0 aliphatic rings. The molecule has 3 aromatic carbocycles. The third kappa shape index (κ3) is 3.62. The van der Waals surface area contributed by atoms with Crippen LogP contribution in [-0.4, -0.2) is 10.9 Å². The van der Waals surface area contributed by atoms with Gasteiger partial charge in [0.05, 0.1) is 12.1 Å². The smallest absolute Gasteiger partial charge is 0.230 e. The number of carbonyl (C=O) groups is 1. The highest BCUT2D eigenvalue weighted by Crippen LogP contribution is 2.31. The van der Waals surface area contributed by atoms with Gasteiger partial charge in [0.15, 0.2) is 5.13 Å². The Bertz CT molecular complexity index is 1070. The number of thiazole rings is 1. The number of halogens is 1. The van der Waals surface area contributed by atoms with E-state index in [4.69, 9.17) is 11.6 Å². The first kappa shape index (κ1) is 16.8. The summed E-state index contributed by atoms with van der Waals surface area (Å²) in [5, 5.41) is 8.44. The molecule has 1 amide bonds. The van der Waals surface area contributed by atoms with Crippen molar-refractivity contribution in [2.75, 3.05) is 5.32 Å². The van der Waals surface area contributed by atoms with E-state index in [0.717, 1.165) is 22.2 Å². The molecule has 1 heterocycles. The summed E-state index contributed by atoms with van der Waals surface area (Å²) in [5.41, 5.74) is 2.85. The quantitative estimate of drug-likeness (QED) is 0.487. The summed E-state index contributed by atoms with van der Waals surface area (Å²) in [7, 11) is 0. The largest absolute Gasteiger partial charge is 0.302 e. The lowest BCUT2D eigenvalue weighted by molar-refractivity contribution is -0.115. The topological polar surface area (TPSA) is 42.0 Å². The molecular weight excluding hydrogens is 364 g/mol. The summed E-state index contributed by atoms with van der Waals surface area (Å²) in [6, 6.07) is 21.6. The minimum Gasteiger partial charge on any atom is -0.302 e. The summed E-state index contributed by atoms with van der Waals surface area (Å²) < 4.78 is 0. The van der Waals surface area contributed by atoms with Crippen molar-refractivity contribution in [1.29, 1.82) is 0 Å². The normalized spacial score (nSPS) is 10.8. The molecular formula is C21H15ClN2OS. The molecule has 3 nitrogen and oxygen atoms in total. The number of aromatic nitrogens is 1. The first-order valence-electron chi connectivity index (χ1n) is 8.17. The predicted molar refractivity (Wildman–Crippen MR) is 109 cm³/mol. The Morgan fingerprint density at radius 2 is 1.77 bits per heavy atom. The van der Waals surface area contributed by atoms with Crippen LogP contribution in [0.3, 0.4) is 0 Å². The van der Waals surface area contributed by atoms with E-state index in [9.17, 15) is 4.79 Å². The number of rotatable bonds is 4. The Kier molecular flexibility index (Phi) is 4.69. The Balaban J connectivity index is 1.52. The number of hydrogen-bond donors (Lipinski definition) is 1. The van der Waals surface area contributed by atoms with E-state index in [1.807, 2.05) is 35.7 Å². The second-order valence-electron chi connectivity index (χ2n) is 5.92. The molecule has 26 heavy (non-hydrogen) atoms. The first-order valence-corrected chi connectivity index (χ1v) is 9.43.